The van der Waals surface area contributed by atoms with E-state index in [1.165, 1.54) is 30.7 Å². The number of carboxylic acids is 1. The molecule has 1 amide bonds. The largest absolute Gasteiger partial charge is 0.492 e. The van der Waals surface area contributed by atoms with Crippen LogP contribution in [-0.2, 0) is 9.53 Å². The Hall–Kier alpha value is -1.85. The van der Waals surface area contributed by atoms with E-state index >= 15 is 0 Å². The number of amides is 1. The third-order valence-electron chi connectivity index (χ3n) is 5.48. The van der Waals surface area contributed by atoms with E-state index in [0.29, 0.717) is 19.1 Å². The maximum Gasteiger partial charge on any atom is 0.490 e. The number of hydrogen-bond acceptors (Lipinski definition) is 6. The zero-order valence-electron chi connectivity index (χ0n) is 17.3. The van der Waals surface area contributed by atoms with Crippen LogP contribution in [0.4, 0.5) is 13.2 Å². The number of aliphatic carboxylic acids is 1. The quantitative estimate of drug-likeness (QED) is 0.722. The standard InChI is InChI=1S/C18H26N2O3S.C2HF3O2/c1-2-22-15-5-8-24-17(15)18(21)20-11-14-10-19(9-13-3-4-13)6-7-23-16(14)12-20;3-2(4,5)1(6)7/h5,8,13-14,16H,2-4,6-7,9-12H2,1H3;(H,6,7)/t14-,16+;/m0./s1. The first-order valence-electron chi connectivity index (χ1n) is 10.3. The van der Waals surface area contributed by atoms with Crippen LogP contribution in [0.1, 0.15) is 29.4 Å². The lowest BCUT2D eigenvalue weighted by molar-refractivity contribution is -0.192. The molecule has 31 heavy (non-hydrogen) atoms. The molecule has 0 aromatic carbocycles. The Morgan fingerprint density at radius 3 is 2.61 bits per heavy atom. The Labute approximate surface area is 182 Å². The van der Waals surface area contributed by atoms with Crippen molar-refractivity contribution in [3.63, 3.8) is 0 Å². The molecule has 0 bridgehead atoms. The molecular formula is C20H27F3N2O5S. The van der Waals surface area contributed by atoms with Crippen molar-refractivity contribution < 1.29 is 37.3 Å². The average Bonchev–Trinajstić information content (AvgIpc) is 3.30. The highest BCUT2D eigenvalue weighted by molar-refractivity contribution is 7.12. The molecule has 3 heterocycles. The minimum Gasteiger partial charge on any atom is -0.492 e. The topological polar surface area (TPSA) is 79.3 Å². The average molecular weight is 465 g/mol. The number of likely N-dealkylation sites (tertiary alicyclic amines) is 1. The van der Waals surface area contributed by atoms with E-state index in [1.54, 1.807) is 0 Å². The van der Waals surface area contributed by atoms with Crippen LogP contribution in [0.25, 0.3) is 0 Å². The van der Waals surface area contributed by atoms with Gasteiger partial charge in [-0.15, -0.1) is 11.3 Å². The minimum absolute atomic E-state index is 0.0962. The molecule has 174 valence electrons. The van der Waals surface area contributed by atoms with E-state index in [4.69, 9.17) is 19.4 Å². The normalized spacial score (nSPS) is 24.1. The Bertz CT molecular complexity index is 768. The fourth-order valence-corrected chi connectivity index (χ4v) is 4.63. The highest BCUT2D eigenvalue weighted by atomic mass is 32.1. The molecule has 2 atom stereocenters. The molecule has 1 aromatic heterocycles. The number of carbonyl (C=O) groups excluding carboxylic acids is 1. The van der Waals surface area contributed by atoms with Gasteiger partial charge in [0.1, 0.15) is 10.6 Å². The molecule has 0 spiro atoms. The molecule has 11 heteroatoms. The third kappa shape index (κ3) is 6.56. The van der Waals surface area contributed by atoms with Crippen molar-refractivity contribution >= 4 is 23.2 Å². The van der Waals surface area contributed by atoms with Crippen molar-refractivity contribution in [2.24, 2.45) is 11.8 Å². The molecule has 2 saturated heterocycles. The summed E-state index contributed by atoms with van der Waals surface area (Å²) in [4.78, 5) is 27.0. The molecule has 0 radical (unpaired) electrons. The first kappa shape index (κ1) is 23.8. The Morgan fingerprint density at radius 2 is 2.00 bits per heavy atom. The summed E-state index contributed by atoms with van der Waals surface area (Å²) in [6.07, 6.45) is -2.13. The lowest BCUT2D eigenvalue weighted by atomic mass is 10.1. The maximum atomic E-state index is 12.9. The van der Waals surface area contributed by atoms with Crippen LogP contribution in [0.15, 0.2) is 11.4 Å². The van der Waals surface area contributed by atoms with E-state index < -0.39 is 12.1 Å². The summed E-state index contributed by atoms with van der Waals surface area (Å²) >= 11 is 1.47. The summed E-state index contributed by atoms with van der Waals surface area (Å²) in [6, 6.07) is 1.89. The van der Waals surface area contributed by atoms with Crippen molar-refractivity contribution in [2.45, 2.75) is 32.0 Å². The first-order valence-corrected chi connectivity index (χ1v) is 11.2. The number of carbonyl (C=O) groups is 2. The van der Waals surface area contributed by atoms with Gasteiger partial charge in [0.2, 0.25) is 0 Å². The van der Waals surface area contributed by atoms with Gasteiger partial charge in [0, 0.05) is 38.6 Å². The highest BCUT2D eigenvalue weighted by Crippen LogP contribution is 2.33. The van der Waals surface area contributed by atoms with Crippen molar-refractivity contribution in [1.82, 2.24) is 9.80 Å². The van der Waals surface area contributed by atoms with Crippen LogP contribution in [0, 0.1) is 11.8 Å². The van der Waals surface area contributed by atoms with Crippen molar-refractivity contribution in [2.75, 3.05) is 45.9 Å². The molecule has 0 unspecified atom stereocenters. The molecule has 1 aliphatic carbocycles. The molecule has 4 rings (SSSR count). The van der Waals surface area contributed by atoms with E-state index in [0.717, 1.165) is 42.8 Å². The van der Waals surface area contributed by atoms with Crippen molar-refractivity contribution in [3.05, 3.63) is 16.3 Å². The third-order valence-corrected chi connectivity index (χ3v) is 6.36. The number of hydrogen-bond donors (Lipinski definition) is 1. The highest BCUT2D eigenvalue weighted by Gasteiger charge is 2.40. The van der Waals surface area contributed by atoms with Gasteiger partial charge in [-0.1, -0.05) is 0 Å². The second kappa shape index (κ2) is 10.2. The predicted molar refractivity (Wildman–Crippen MR) is 107 cm³/mol. The zero-order chi connectivity index (χ0) is 22.6. The fraction of sp³-hybridized carbons (Fsp3) is 0.700. The monoisotopic (exact) mass is 464 g/mol. The summed E-state index contributed by atoms with van der Waals surface area (Å²) in [5.74, 6) is -0.603. The van der Waals surface area contributed by atoms with Gasteiger partial charge in [-0.2, -0.15) is 13.2 Å². The van der Waals surface area contributed by atoms with Crippen LogP contribution < -0.4 is 4.74 Å². The van der Waals surface area contributed by atoms with Crippen LogP contribution in [0.5, 0.6) is 5.75 Å². The second-order valence-corrected chi connectivity index (χ2v) is 8.85. The Kier molecular flexibility index (Phi) is 7.82. The molecule has 3 fully saturated rings. The van der Waals surface area contributed by atoms with Crippen LogP contribution in [-0.4, -0.2) is 85.0 Å². The van der Waals surface area contributed by atoms with Gasteiger partial charge >= 0.3 is 12.1 Å². The number of halogens is 3. The molecule has 2 aliphatic heterocycles. The molecule has 3 aliphatic rings. The number of carboxylic acid groups (broad SMARTS) is 1. The van der Waals surface area contributed by atoms with E-state index in [-0.39, 0.29) is 12.0 Å². The lowest BCUT2D eigenvalue weighted by Gasteiger charge is -2.23. The first-order chi connectivity index (χ1) is 14.7. The van der Waals surface area contributed by atoms with Gasteiger partial charge in [0.05, 0.1) is 19.3 Å². The Balaban J connectivity index is 0.000000339. The number of ether oxygens (including phenoxy) is 2. The summed E-state index contributed by atoms with van der Waals surface area (Å²) in [5, 5.41) is 9.06. The fourth-order valence-electron chi connectivity index (χ4n) is 3.83. The zero-order valence-corrected chi connectivity index (χ0v) is 18.1. The number of alkyl halides is 3. The smallest absolute Gasteiger partial charge is 0.490 e. The molecule has 7 nitrogen and oxygen atoms in total. The molecule has 1 saturated carbocycles. The second-order valence-electron chi connectivity index (χ2n) is 7.93. The number of nitrogens with zero attached hydrogens (tertiary/aromatic N) is 2. The molecule has 1 aromatic rings. The van der Waals surface area contributed by atoms with Crippen molar-refractivity contribution in [3.8, 4) is 5.75 Å². The SMILES string of the molecule is CCOc1ccsc1C(=O)N1C[C@@H]2CN(CC3CC3)CCO[C@@H]2C1.O=C(O)C(F)(F)F. The van der Waals surface area contributed by atoms with E-state index in [9.17, 15) is 18.0 Å². The van der Waals surface area contributed by atoms with Gasteiger partial charge in [0.15, 0.2) is 0 Å². The van der Waals surface area contributed by atoms with Gasteiger partial charge < -0.3 is 24.4 Å². The summed E-state index contributed by atoms with van der Waals surface area (Å²) in [7, 11) is 0. The van der Waals surface area contributed by atoms with Gasteiger partial charge in [-0.3, -0.25) is 4.79 Å². The predicted octanol–water partition coefficient (Wildman–Crippen LogP) is 2.96. The van der Waals surface area contributed by atoms with Crippen LogP contribution in [0.2, 0.25) is 0 Å². The lowest BCUT2D eigenvalue weighted by Crippen LogP contribution is -2.35. The van der Waals surface area contributed by atoms with Crippen LogP contribution in [0.3, 0.4) is 0 Å². The number of rotatable bonds is 5. The summed E-state index contributed by atoms with van der Waals surface area (Å²) in [6.45, 7) is 8.14. The van der Waals surface area contributed by atoms with Gasteiger partial charge in [0.25, 0.3) is 5.91 Å². The minimum atomic E-state index is -5.08. The van der Waals surface area contributed by atoms with Gasteiger partial charge in [-0.25, -0.2) is 4.79 Å². The van der Waals surface area contributed by atoms with Crippen molar-refractivity contribution in [1.29, 1.82) is 0 Å². The van der Waals surface area contributed by atoms with E-state index in [1.807, 2.05) is 23.3 Å². The maximum absolute atomic E-state index is 12.9. The summed E-state index contributed by atoms with van der Waals surface area (Å²) in [5.41, 5.74) is 0. The van der Waals surface area contributed by atoms with E-state index in [2.05, 4.69) is 4.90 Å². The Morgan fingerprint density at radius 1 is 1.29 bits per heavy atom. The number of thiophene rings is 1. The van der Waals surface area contributed by atoms with Gasteiger partial charge in [-0.05, 0) is 37.1 Å². The van der Waals surface area contributed by atoms with Crippen LogP contribution >= 0.6 is 11.3 Å². The summed E-state index contributed by atoms with van der Waals surface area (Å²) < 4.78 is 43.4. The number of fused-ring (bicyclic) bond motifs is 1. The molecular weight excluding hydrogens is 437 g/mol. The molecule has 1 N–H and O–H groups in total.